The van der Waals surface area contributed by atoms with Crippen molar-refractivity contribution in [3.05, 3.63) is 137 Å². The minimum Gasteiger partial charge on any atom is -0.462 e. The van der Waals surface area contributed by atoms with Gasteiger partial charge in [0.15, 0.2) is 42.0 Å². The zero-order valence-corrected chi connectivity index (χ0v) is 81.9. The predicted octanol–water partition coefficient (Wildman–Crippen LogP) is 10.1. The Morgan fingerprint density at radius 2 is 0.719 bits per heavy atom. The van der Waals surface area contributed by atoms with E-state index in [0.717, 1.165) is 56.1 Å². The van der Waals surface area contributed by atoms with Gasteiger partial charge in [-0.1, -0.05) is 100 Å². The molecule has 40 heteroatoms. The Morgan fingerprint density at radius 1 is 0.341 bits per heavy atom. The van der Waals surface area contributed by atoms with Crippen LogP contribution >= 0.6 is 0 Å². The molecule has 0 spiro atoms. The molecule has 10 aliphatic heterocycles. The molecule has 10 fully saturated rings. The predicted molar refractivity (Wildman–Crippen MR) is 484 cm³/mol. The van der Waals surface area contributed by atoms with Crippen LogP contribution < -0.4 is 0 Å². The second kappa shape index (κ2) is 66.5. The Morgan fingerprint density at radius 3 is 1.08 bits per heavy atom. The molecule has 768 valence electrons. The van der Waals surface area contributed by atoms with Gasteiger partial charge >= 0.3 is 59.7 Å². The number of ether oxygens (including phenoxy) is 30. The Bertz CT molecular complexity index is 3720. The van der Waals surface area contributed by atoms with Gasteiger partial charge in [0.05, 0.1) is 90.8 Å². The summed E-state index contributed by atoms with van der Waals surface area (Å²) in [4.78, 5) is 109. The number of hydrogen-bond acceptors (Lipinski definition) is 40. The van der Waals surface area contributed by atoms with Crippen LogP contribution in [0.1, 0.15) is 143 Å². The molecule has 12 unspecified atom stereocenters. The molecule has 12 atom stereocenters. The molecule has 0 aromatic carbocycles. The number of carbonyl (C=O) groups excluding carboxylic acids is 10. The van der Waals surface area contributed by atoms with Gasteiger partial charge in [-0.15, -0.1) is 0 Å². The Labute approximate surface area is 793 Å². The smallest absolute Gasteiger partial charge is 0.333 e. The topological polar surface area (TPSA) is 448 Å². The number of esters is 10. The van der Waals surface area contributed by atoms with E-state index < -0.39 is 59.0 Å². The van der Waals surface area contributed by atoms with Crippen LogP contribution in [0.2, 0.25) is 0 Å². The minimum absolute atomic E-state index is 0.0253. The van der Waals surface area contributed by atoms with Crippen molar-refractivity contribution in [1.82, 2.24) is 0 Å². The number of carbonyl (C=O) groups is 10. The summed E-state index contributed by atoms with van der Waals surface area (Å²) in [7, 11) is 0. The molecule has 10 rings (SSSR count). The minimum atomic E-state index is -0.569. The summed E-state index contributed by atoms with van der Waals surface area (Å²) >= 11 is 0. The van der Waals surface area contributed by atoms with Gasteiger partial charge in [-0.05, 0) is 115 Å². The van der Waals surface area contributed by atoms with Crippen molar-refractivity contribution in [3.63, 3.8) is 0 Å². The maximum atomic E-state index is 11.3. The molecular formula is C95H148O40. The quantitative estimate of drug-likeness (QED) is 0.0250. The van der Waals surface area contributed by atoms with Gasteiger partial charge in [0, 0.05) is 70.1 Å². The molecule has 10 aliphatic rings. The first kappa shape index (κ1) is 124. The first-order chi connectivity index (χ1) is 63.5. The highest BCUT2D eigenvalue weighted by molar-refractivity contribution is 5.89. The van der Waals surface area contributed by atoms with Gasteiger partial charge in [-0.2, -0.15) is 0 Å². The molecule has 0 aromatic rings. The fraction of sp³-hybridized carbons (Fsp3) is 0.663. The molecule has 0 aromatic heterocycles. The molecule has 0 saturated carbocycles. The van der Waals surface area contributed by atoms with Crippen molar-refractivity contribution >= 4 is 59.7 Å². The lowest BCUT2D eigenvalue weighted by Crippen LogP contribution is -2.47. The summed E-state index contributed by atoms with van der Waals surface area (Å²) in [5.41, 5.74) is 1.53. The van der Waals surface area contributed by atoms with E-state index in [0.29, 0.717) is 121 Å². The van der Waals surface area contributed by atoms with E-state index in [1.165, 1.54) is 0 Å². The molecule has 0 aliphatic carbocycles. The average Bonchev–Trinajstić information content (AvgIpc) is 1.77. The largest absolute Gasteiger partial charge is 0.462 e. The molecule has 40 nitrogen and oxygen atoms in total. The van der Waals surface area contributed by atoms with E-state index in [-0.39, 0.29) is 175 Å². The maximum absolute atomic E-state index is 11.3. The zero-order chi connectivity index (χ0) is 102. The van der Waals surface area contributed by atoms with Crippen molar-refractivity contribution in [3.8, 4) is 0 Å². The van der Waals surface area contributed by atoms with Gasteiger partial charge in [0.1, 0.15) is 129 Å². The van der Waals surface area contributed by atoms with Crippen LogP contribution in [0.15, 0.2) is 137 Å². The second-order valence-corrected chi connectivity index (χ2v) is 33.1. The number of hydrogen-bond donors (Lipinski definition) is 0. The maximum Gasteiger partial charge on any atom is 0.333 e. The third-order valence-corrected chi connectivity index (χ3v) is 18.6. The van der Waals surface area contributed by atoms with Gasteiger partial charge in [-0.25, -0.2) is 47.9 Å². The summed E-state index contributed by atoms with van der Waals surface area (Å²) < 4.78 is 154. The van der Waals surface area contributed by atoms with Gasteiger partial charge in [0.25, 0.3) is 0 Å². The zero-order valence-electron chi connectivity index (χ0n) is 81.9. The van der Waals surface area contributed by atoms with Crippen molar-refractivity contribution in [1.29, 1.82) is 0 Å². The molecular weight excluding hydrogens is 1780 g/mol. The van der Waals surface area contributed by atoms with Crippen LogP contribution in [0.4, 0.5) is 0 Å². The van der Waals surface area contributed by atoms with E-state index in [1.54, 1.807) is 47.6 Å². The third kappa shape index (κ3) is 57.1. The standard InChI is InChI=1S/C12H20O4.C11H18O4.3C10H16O4.2C9H14O4.C9H12O4.C8H12O4.C7H10O4/c1-9(2)10(13)14-6-12(5)7-15-11(3,4)16-8-12;1-5-11(4)14-7-9(15-11)6-13-10(12)8(2)3;1-7(2)9(11)12-5-8-6-13-10(3,4)14-8;1-4-9-12-5-8(14-9)6-13-10(11)7(2)3;1-3-9(11)14-7-10(4-2)5-12-8-13-6-10;1-6(2)9(10)12-5-8-4-11-7(3)13-8;1-4-8(10)11-5-7-6-12-9(2,3)13-7;1-3-8(10)11-5-7-6-12-9(4-2)13-7;1-2-8(9)11-5-7-3-4-10-6-12-7;1-2-7(8)10-4-6-3-9-5-11-6/h1,6-8H2,2-5H3;9H,2,5-7H2,1,3-4H3;8H,1,5-6H2,2-4H3;8-9H,2,4-6H2,1,3H3;3H,1,4-8H2,2H3;7-8H,1,4-5H2,2-3H3;4,7H,1,5-6H2,2-3H3;3-4,7,9H,1-2,5-6H2;2,7H,1,3-6H2;2,6H,1,3-5H2. The van der Waals surface area contributed by atoms with Crippen molar-refractivity contribution in [2.45, 2.75) is 234 Å². The van der Waals surface area contributed by atoms with Crippen LogP contribution in [-0.4, -0.2) is 316 Å². The van der Waals surface area contributed by atoms with Crippen LogP contribution in [0.25, 0.3) is 0 Å². The highest BCUT2D eigenvalue weighted by Crippen LogP contribution is 2.32. The number of rotatable bonds is 34. The van der Waals surface area contributed by atoms with E-state index in [4.69, 9.17) is 142 Å². The first-order valence-corrected chi connectivity index (χ1v) is 43.8. The van der Waals surface area contributed by atoms with Gasteiger partial charge < -0.3 is 142 Å². The summed E-state index contributed by atoms with van der Waals surface area (Å²) in [5.74, 6) is -6.25. The highest BCUT2D eigenvalue weighted by Gasteiger charge is 2.41. The van der Waals surface area contributed by atoms with E-state index in [1.807, 2.05) is 76.2 Å². The van der Waals surface area contributed by atoms with Gasteiger partial charge in [-0.3, -0.25) is 0 Å². The molecule has 0 N–H and O–H groups in total. The van der Waals surface area contributed by atoms with Crippen molar-refractivity contribution in [2.75, 3.05) is 166 Å². The lowest BCUT2D eigenvalue weighted by molar-refractivity contribution is -0.287. The van der Waals surface area contributed by atoms with Gasteiger partial charge in [0.2, 0.25) is 0 Å². The highest BCUT2D eigenvalue weighted by atomic mass is 16.8. The van der Waals surface area contributed by atoms with E-state index in [9.17, 15) is 47.9 Å². The molecule has 135 heavy (non-hydrogen) atoms. The normalized spacial score (nSPS) is 25.0. The fourth-order valence-corrected chi connectivity index (χ4v) is 10.5. The molecule has 0 bridgehead atoms. The SMILES string of the molecule is C=C(C)C(=O)OCC1(C)COC(C)(C)OC1.C=C(C)C(=O)OCC1COC(C)(C)O1.C=C(C)C(=O)OCC1COC(C)(CC)O1.C=C(C)C(=O)OCC1COC(C)O1.C=C(C)C(=O)OCC1COC(CC)O1.C=CC(=O)OCC1(CC)COCOC1.C=CC(=O)OCC1CCOCO1.C=CC(=O)OCC1COC(C)(C)O1.C=CC(=O)OCC1COC(C=C)O1.C=CC(=O)OCC1COCO1. The van der Waals surface area contributed by atoms with Crippen LogP contribution in [0.3, 0.4) is 0 Å². The average molecular weight is 1930 g/mol. The fourth-order valence-electron chi connectivity index (χ4n) is 10.5. The van der Waals surface area contributed by atoms with Crippen LogP contribution in [0.5, 0.6) is 0 Å². The Kier molecular flexibility index (Phi) is 61.1. The lowest BCUT2D eigenvalue weighted by Gasteiger charge is -2.40. The third-order valence-electron chi connectivity index (χ3n) is 18.6. The monoisotopic (exact) mass is 1930 g/mol. The lowest BCUT2D eigenvalue weighted by atomic mass is 9.87. The summed E-state index contributed by atoms with van der Waals surface area (Å²) in [5, 5.41) is 0. The second-order valence-electron chi connectivity index (χ2n) is 33.1. The van der Waals surface area contributed by atoms with Crippen molar-refractivity contribution in [2.24, 2.45) is 10.8 Å². The summed E-state index contributed by atoms with van der Waals surface area (Å²) in [6.07, 6.45) is 8.56. The molecule has 0 amide bonds. The molecule has 10 heterocycles. The first-order valence-electron chi connectivity index (χ1n) is 43.8. The van der Waals surface area contributed by atoms with Crippen LogP contribution in [-0.2, 0) is 190 Å². The Balaban J connectivity index is 0.000000751. The van der Waals surface area contributed by atoms with E-state index >= 15 is 0 Å². The Hall–Kier alpha value is -8.96. The van der Waals surface area contributed by atoms with Crippen LogP contribution in [0, 0.1) is 10.8 Å². The summed E-state index contributed by atoms with van der Waals surface area (Å²) in [6.45, 7) is 77.6. The van der Waals surface area contributed by atoms with E-state index in [2.05, 4.69) is 72.4 Å². The summed E-state index contributed by atoms with van der Waals surface area (Å²) in [6, 6.07) is 0. The van der Waals surface area contributed by atoms with Crippen molar-refractivity contribution < 1.29 is 190 Å². The molecule has 10 saturated heterocycles. The molecule has 0 radical (unpaired) electrons.